The quantitative estimate of drug-likeness (QED) is 0.591. The van der Waals surface area contributed by atoms with Gasteiger partial charge in [0, 0.05) is 36.7 Å². The first-order valence-corrected chi connectivity index (χ1v) is 11.5. The van der Waals surface area contributed by atoms with Crippen LogP contribution >= 0.6 is 11.3 Å². The highest BCUT2D eigenvalue weighted by atomic mass is 32.2. The van der Waals surface area contributed by atoms with Crippen molar-refractivity contribution in [2.24, 2.45) is 5.92 Å². The fourth-order valence-corrected chi connectivity index (χ4v) is 5.54. The van der Waals surface area contributed by atoms with Crippen molar-refractivity contribution < 1.29 is 22.0 Å². The number of carbonyl (C=O) groups excluding carboxylic acids is 1. The first-order valence-electron chi connectivity index (χ1n) is 8.83. The van der Waals surface area contributed by atoms with Gasteiger partial charge in [-0.2, -0.15) is 0 Å². The standard InChI is InChI=1S/C19H19F2N3O3S2/c1-3-8-24(16(25)6-9-29(26,27)12-15-10-19(15,20)21)18-13(2)23-17(28-18)14-5-4-7-22-11-14/h1,4-5,7,11,15H,6,8-10,12H2,2H3. The number of thiazole rings is 1. The first-order chi connectivity index (χ1) is 13.6. The zero-order valence-electron chi connectivity index (χ0n) is 15.6. The lowest BCUT2D eigenvalue weighted by atomic mass is 10.3. The molecule has 1 atom stereocenters. The summed E-state index contributed by atoms with van der Waals surface area (Å²) in [6, 6.07) is 3.60. The molecule has 10 heteroatoms. The maximum absolute atomic E-state index is 13.0. The molecule has 0 radical (unpaired) electrons. The van der Waals surface area contributed by atoms with Gasteiger partial charge in [0.05, 0.1) is 23.7 Å². The number of hydrogen-bond acceptors (Lipinski definition) is 6. The van der Waals surface area contributed by atoms with Crippen LogP contribution in [0.2, 0.25) is 0 Å². The number of hydrogen-bond donors (Lipinski definition) is 0. The number of aromatic nitrogens is 2. The number of nitrogens with zero attached hydrogens (tertiary/aromatic N) is 3. The topological polar surface area (TPSA) is 80.2 Å². The molecule has 2 aromatic rings. The van der Waals surface area contributed by atoms with E-state index in [2.05, 4.69) is 15.9 Å². The summed E-state index contributed by atoms with van der Waals surface area (Å²) in [6.45, 7) is 1.68. The van der Waals surface area contributed by atoms with Crippen LogP contribution in [-0.2, 0) is 14.6 Å². The Morgan fingerprint density at radius 3 is 2.79 bits per heavy atom. The molecule has 6 nitrogen and oxygen atoms in total. The molecule has 0 aromatic carbocycles. The Bertz CT molecular complexity index is 1050. The van der Waals surface area contributed by atoms with Crippen molar-refractivity contribution in [3.8, 4) is 22.9 Å². The highest BCUT2D eigenvalue weighted by molar-refractivity contribution is 7.91. The number of halogens is 2. The molecule has 3 rings (SSSR count). The number of rotatable bonds is 8. The van der Waals surface area contributed by atoms with Gasteiger partial charge in [0.25, 0.3) is 5.92 Å². The molecule has 1 fully saturated rings. The Hall–Kier alpha value is -2.38. The Balaban J connectivity index is 1.72. The Kier molecular flexibility index (Phi) is 6.00. The number of carbonyl (C=O) groups is 1. The molecule has 1 aliphatic carbocycles. The number of sulfone groups is 1. The molecule has 0 saturated heterocycles. The van der Waals surface area contributed by atoms with Crippen LogP contribution in [-0.4, -0.2) is 48.3 Å². The van der Waals surface area contributed by atoms with Crippen molar-refractivity contribution in [3.63, 3.8) is 0 Å². The average Bonchev–Trinajstić information content (AvgIpc) is 3.07. The Labute approximate surface area is 171 Å². The van der Waals surface area contributed by atoms with E-state index in [0.717, 1.165) is 5.56 Å². The number of terminal acetylenes is 1. The van der Waals surface area contributed by atoms with Gasteiger partial charge in [-0.3, -0.25) is 14.7 Å². The van der Waals surface area contributed by atoms with Crippen LogP contribution in [0.1, 0.15) is 18.5 Å². The van der Waals surface area contributed by atoms with Crippen LogP contribution < -0.4 is 4.90 Å². The molecular weight excluding hydrogens is 420 g/mol. The molecule has 2 aromatic heterocycles. The molecule has 1 unspecified atom stereocenters. The van der Waals surface area contributed by atoms with Crippen LogP contribution in [0.4, 0.5) is 13.8 Å². The van der Waals surface area contributed by atoms with E-state index in [1.807, 2.05) is 6.07 Å². The molecule has 1 aliphatic rings. The minimum Gasteiger partial charge on any atom is -0.290 e. The van der Waals surface area contributed by atoms with Gasteiger partial charge in [0.1, 0.15) is 10.0 Å². The van der Waals surface area contributed by atoms with Gasteiger partial charge >= 0.3 is 0 Å². The molecular formula is C19H19F2N3O3S2. The second kappa shape index (κ2) is 8.16. The first kappa shape index (κ1) is 21.3. The predicted molar refractivity (Wildman–Crippen MR) is 108 cm³/mol. The molecule has 1 saturated carbocycles. The molecule has 2 heterocycles. The van der Waals surface area contributed by atoms with Crippen molar-refractivity contribution >= 4 is 32.1 Å². The SMILES string of the molecule is C#CCN(C(=O)CCS(=O)(=O)CC1CC1(F)F)c1sc(-c2cccnc2)nc1C. The van der Waals surface area contributed by atoms with Crippen LogP contribution in [0.25, 0.3) is 10.6 Å². The van der Waals surface area contributed by atoms with E-state index < -0.39 is 45.5 Å². The predicted octanol–water partition coefficient (Wildman–Crippen LogP) is 2.94. The summed E-state index contributed by atoms with van der Waals surface area (Å²) in [4.78, 5) is 22.5. The normalized spacial score (nSPS) is 17.5. The van der Waals surface area contributed by atoms with E-state index in [1.165, 1.54) is 16.2 Å². The fraction of sp³-hybridized carbons (Fsp3) is 0.421. The van der Waals surface area contributed by atoms with E-state index in [1.54, 1.807) is 25.4 Å². The van der Waals surface area contributed by atoms with Crippen molar-refractivity contribution in [3.05, 3.63) is 30.2 Å². The van der Waals surface area contributed by atoms with E-state index in [4.69, 9.17) is 6.42 Å². The summed E-state index contributed by atoms with van der Waals surface area (Å²) in [6.07, 6.45) is 7.92. The second-order valence-corrected chi connectivity index (χ2v) is 10.1. The molecule has 0 bridgehead atoms. The summed E-state index contributed by atoms with van der Waals surface area (Å²) in [5.41, 5.74) is 1.37. The minimum absolute atomic E-state index is 0.0465. The molecule has 0 N–H and O–H groups in total. The average molecular weight is 440 g/mol. The van der Waals surface area contributed by atoms with Gasteiger partial charge < -0.3 is 0 Å². The molecule has 0 spiro atoms. The molecule has 1 amide bonds. The lowest BCUT2D eigenvalue weighted by Crippen LogP contribution is -2.33. The van der Waals surface area contributed by atoms with Crippen LogP contribution in [0.15, 0.2) is 24.5 Å². The van der Waals surface area contributed by atoms with Crippen LogP contribution in [0.5, 0.6) is 0 Å². The summed E-state index contributed by atoms with van der Waals surface area (Å²) in [7, 11) is -3.76. The Morgan fingerprint density at radius 2 is 2.21 bits per heavy atom. The summed E-state index contributed by atoms with van der Waals surface area (Å²) < 4.78 is 50.2. The minimum atomic E-state index is -3.76. The zero-order valence-corrected chi connectivity index (χ0v) is 17.3. The van der Waals surface area contributed by atoms with Crippen molar-refractivity contribution in [2.75, 3.05) is 23.0 Å². The summed E-state index contributed by atoms with van der Waals surface area (Å²) in [5.74, 6) is -3.24. The highest BCUT2D eigenvalue weighted by Crippen LogP contribution is 2.49. The number of alkyl halides is 2. The van der Waals surface area contributed by atoms with Gasteiger partial charge in [-0.15, -0.1) is 6.42 Å². The van der Waals surface area contributed by atoms with E-state index >= 15 is 0 Å². The van der Waals surface area contributed by atoms with Crippen LogP contribution in [0.3, 0.4) is 0 Å². The maximum atomic E-state index is 13.0. The third-order valence-electron chi connectivity index (χ3n) is 4.51. The molecule has 154 valence electrons. The highest BCUT2D eigenvalue weighted by Gasteiger charge is 2.58. The van der Waals surface area contributed by atoms with Gasteiger partial charge in [-0.05, 0) is 19.1 Å². The Morgan fingerprint density at radius 1 is 1.48 bits per heavy atom. The van der Waals surface area contributed by atoms with E-state index in [0.29, 0.717) is 15.7 Å². The number of anilines is 1. The summed E-state index contributed by atoms with van der Waals surface area (Å²) >= 11 is 1.25. The zero-order chi connectivity index (χ0) is 21.2. The monoisotopic (exact) mass is 439 g/mol. The summed E-state index contributed by atoms with van der Waals surface area (Å²) in [5, 5.41) is 1.18. The third-order valence-corrected chi connectivity index (χ3v) is 7.48. The largest absolute Gasteiger partial charge is 0.290 e. The number of pyridine rings is 1. The van der Waals surface area contributed by atoms with Gasteiger partial charge in [0.15, 0.2) is 9.84 Å². The van der Waals surface area contributed by atoms with Crippen LogP contribution in [0, 0.1) is 25.2 Å². The van der Waals surface area contributed by atoms with E-state index in [9.17, 15) is 22.0 Å². The lowest BCUT2D eigenvalue weighted by Gasteiger charge is -2.19. The van der Waals surface area contributed by atoms with Gasteiger partial charge in [-0.25, -0.2) is 22.2 Å². The third kappa shape index (κ3) is 5.16. The number of amides is 1. The van der Waals surface area contributed by atoms with Crippen molar-refractivity contribution in [2.45, 2.75) is 25.7 Å². The van der Waals surface area contributed by atoms with Gasteiger partial charge in [0.2, 0.25) is 5.91 Å². The second-order valence-electron chi connectivity index (χ2n) is 6.86. The van der Waals surface area contributed by atoms with Gasteiger partial charge in [-0.1, -0.05) is 17.3 Å². The van der Waals surface area contributed by atoms with Crippen molar-refractivity contribution in [1.82, 2.24) is 9.97 Å². The lowest BCUT2D eigenvalue weighted by molar-refractivity contribution is -0.118. The smallest absolute Gasteiger partial charge is 0.252 e. The van der Waals surface area contributed by atoms with Crippen molar-refractivity contribution in [1.29, 1.82) is 0 Å². The molecule has 0 aliphatic heterocycles. The van der Waals surface area contributed by atoms with E-state index in [-0.39, 0.29) is 13.0 Å². The number of aryl methyl sites for hydroxylation is 1. The fourth-order valence-electron chi connectivity index (χ4n) is 2.83. The maximum Gasteiger partial charge on any atom is 0.252 e. The molecule has 29 heavy (non-hydrogen) atoms.